The van der Waals surface area contributed by atoms with E-state index >= 15 is 0 Å². The third kappa shape index (κ3) is 2.78. The summed E-state index contributed by atoms with van der Waals surface area (Å²) in [5.41, 5.74) is 2.55. The number of alkyl halides is 1. The molecule has 0 amide bonds. The lowest BCUT2D eigenvalue weighted by Gasteiger charge is -2.19. The quantitative estimate of drug-likeness (QED) is 0.677. The molecular formula is C16H19ClO. The topological polar surface area (TPSA) is 13.1 Å². The monoisotopic (exact) mass is 262 g/mol. The molecule has 2 rings (SSSR count). The maximum Gasteiger partial charge on any atom is 0.126 e. The molecule has 0 radical (unpaired) electrons. The van der Waals surface area contributed by atoms with Gasteiger partial charge in [0.2, 0.25) is 0 Å². The van der Waals surface area contributed by atoms with E-state index in [1.165, 1.54) is 5.56 Å². The van der Waals surface area contributed by atoms with Crippen LogP contribution in [0.1, 0.15) is 48.8 Å². The number of benzene rings is 1. The van der Waals surface area contributed by atoms with Gasteiger partial charge in [0.1, 0.15) is 16.9 Å². The zero-order valence-corrected chi connectivity index (χ0v) is 12.1. The van der Waals surface area contributed by atoms with Crippen molar-refractivity contribution in [2.75, 3.05) is 0 Å². The minimum atomic E-state index is -0.215. The highest BCUT2D eigenvalue weighted by molar-refractivity contribution is 6.22. The molecule has 0 saturated carbocycles. The second-order valence-electron chi connectivity index (χ2n) is 5.68. The van der Waals surface area contributed by atoms with E-state index in [2.05, 4.69) is 45.0 Å². The predicted molar refractivity (Wildman–Crippen MR) is 76.3 cm³/mol. The molecule has 0 aliphatic rings. The van der Waals surface area contributed by atoms with Gasteiger partial charge in [-0.05, 0) is 35.6 Å². The third-order valence-electron chi connectivity index (χ3n) is 3.08. The first kappa shape index (κ1) is 13.2. The van der Waals surface area contributed by atoms with Gasteiger partial charge in [0.15, 0.2) is 0 Å². The molecule has 1 aromatic carbocycles. The SMILES string of the molecule is Cc1ccc(C(Cl)c2ccc(C(C)(C)C)cc2)o1. The maximum absolute atomic E-state index is 6.42. The number of hydrogen-bond donors (Lipinski definition) is 0. The molecular weight excluding hydrogens is 244 g/mol. The molecule has 0 fully saturated rings. The first-order valence-electron chi connectivity index (χ1n) is 6.19. The smallest absolute Gasteiger partial charge is 0.126 e. The van der Waals surface area contributed by atoms with Crippen LogP contribution in [0.3, 0.4) is 0 Å². The van der Waals surface area contributed by atoms with Gasteiger partial charge >= 0.3 is 0 Å². The molecule has 18 heavy (non-hydrogen) atoms. The normalized spacial score (nSPS) is 13.6. The molecule has 0 spiro atoms. The molecule has 0 bridgehead atoms. The van der Waals surface area contributed by atoms with Crippen LogP contribution in [-0.2, 0) is 5.41 Å². The number of furan rings is 1. The van der Waals surface area contributed by atoms with Crippen molar-refractivity contribution in [2.24, 2.45) is 0 Å². The summed E-state index contributed by atoms with van der Waals surface area (Å²) in [7, 11) is 0. The highest BCUT2D eigenvalue weighted by Gasteiger charge is 2.17. The van der Waals surface area contributed by atoms with E-state index in [-0.39, 0.29) is 10.8 Å². The van der Waals surface area contributed by atoms with Crippen LogP contribution in [0.2, 0.25) is 0 Å². The molecule has 0 saturated heterocycles. The second-order valence-corrected chi connectivity index (χ2v) is 6.12. The summed E-state index contributed by atoms with van der Waals surface area (Å²) >= 11 is 6.42. The molecule has 1 atom stereocenters. The summed E-state index contributed by atoms with van der Waals surface area (Å²) in [6.07, 6.45) is 0. The van der Waals surface area contributed by atoms with E-state index in [4.69, 9.17) is 16.0 Å². The molecule has 1 nitrogen and oxygen atoms in total. The largest absolute Gasteiger partial charge is 0.464 e. The Bertz CT molecular complexity index is 517. The van der Waals surface area contributed by atoms with Crippen molar-refractivity contribution in [3.8, 4) is 0 Å². The van der Waals surface area contributed by atoms with Crippen LogP contribution in [0.25, 0.3) is 0 Å². The van der Waals surface area contributed by atoms with Crippen LogP contribution in [0.15, 0.2) is 40.8 Å². The van der Waals surface area contributed by atoms with Gasteiger partial charge in [-0.15, -0.1) is 11.6 Å². The molecule has 1 aromatic heterocycles. The van der Waals surface area contributed by atoms with Crippen molar-refractivity contribution in [3.05, 3.63) is 59.0 Å². The van der Waals surface area contributed by atoms with Gasteiger partial charge in [0, 0.05) is 0 Å². The van der Waals surface area contributed by atoms with Gasteiger partial charge in [0.25, 0.3) is 0 Å². The van der Waals surface area contributed by atoms with E-state index in [1.54, 1.807) is 0 Å². The summed E-state index contributed by atoms with van der Waals surface area (Å²) < 4.78 is 5.57. The molecule has 0 aliphatic heterocycles. The average Bonchev–Trinajstić information content (AvgIpc) is 2.74. The summed E-state index contributed by atoms with van der Waals surface area (Å²) in [5, 5.41) is -0.215. The summed E-state index contributed by atoms with van der Waals surface area (Å²) in [6.45, 7) is 8.54. The van der Waals surface area contributed by atoms with Gasteiger partial charge in [-0.1, -0.05) is 45.0 Å². The molecule has 96 valence electrons. The molecule has 1 unspecified atom stereocenters. The average molecular weight is 263 g/mol. The third-order valence-corrected chi connectivity index (χ3v) is 3.55. The van der Waals surface area contributed by atoms with E-state index in [9.17, 15) is 0 Å². The number of halogens is 1. The summed E-state index contributed by atoms with van der Waals surface area (Å²) in [6, 6.07) is 12.3. The van der Waals surface area contributed by atoms with Crippen molar-refractivity contribution < 1.29 is 4.42 Å². The Hall–Kier alpha value is -1.21. The Balaban J connectivity index is 2.24. The van der Waals surface area contributed by atoms with Gasteiger partial charge < -0.3 is 4.42 Å². The Kier molecular flexibility index (Phi) is 3.54. The number of rotatable bonds is 2. The fourth-order valence-electron chi connectivity index (χ4n) is 1.91. The van der Waals surface area contributed by atoms with Crippen molar-refractivity contribution in [2.45, 2.75) is 38.5 Å². The maximum atomic E-state index is 6.42. The van der Waals surface area contributed by atoms with Crippen LogP contribution in [0.4, 0.5) is 0 Å². The molecule has 0 aliphatic carbocycles. The second kappa shape index (κ2) is 4.81. The van der Waals surface area contributed by atoms with Crippen molar-refractivity contribution in [1.82, 2.24) is 0 Å². The first-order chi connectivity index (χ1) is 8.38. The lowest BCUT2D eigenvalue weighted by atomic mass is 9.86. The lowest BCUT2D eigenvalue weighted by molar-refractivity contribution is 0.489. The van der Waals surface area contributed by atoms with Crippen molar-refractivity contribution >= 4 is 11.6 Å². The van der Waals surface area contributed by atoms with Gasteiger partial charge in [0.05, 0.1) is 0 Å². The zero-order chi connectivity index (χ0) is 13.3. The molecule has 1 heterocycles. The van der Waals surface area contributed by atoms with Crippen LogP contribution in [0.5, 0.6) is 0 Å². The highest BCUT2D eigenvalue weighted by atomic mass is 35.5. The minimum Gasteiger partial charge on any atom is -0.464 e. The first-order valence-corrected chi connectivity index (χ1v) is 6.62. The Labute approximate surface area is 114 Å². The minimum absolute atomic E-state index is 0.168. The van der Waals surface area contributed by atoms with Crippen molar-refractivity contribution in [1.29, 1.82) is 0 Å². The number of aryl methyl sites for hydroxylation is 1. The standard InChI is InChI=1S/C16H19ClO/c1-11-5-10-14(18-11)15(17)12-6-8-13(9-7-12)16(2,3)4/h5-10,15H,1-4H3. The Morgan fingerprint density at radius 2 is 1.61 bits per heavy atom. The van der Waals surface area contributed by atoms with Gasteiger partial charge in [-0.2, -0.15) is 0 Å². The summed E-state index contributed by atoms with van der Waals surface area (Å²) in [4.78, 5) is 0. The van der Waals surface area contributed by atoms with Crippen LogP contribution in [-0.4, -0.2) is 0 Å². The van der Waals surface area contributed by atoms with Crippen LogP contribution < -0.4 is 0 Å². The Morgan fingerprint density at radius 3 is 2.06 bits per heavy atom. The Morgan fingerprint density at radius 1 is 1.00 bits per heavy atom. The van der Waals surface area contributed by atoms with E-state index in [1.807, 2.05) is 19.1 Å². The predicted octanol–water partition coefficient (Wildman–Crippen LogP) is 5.21. The zero-order valence-electron chi connectivity index (χ0n) is 11.3. The highest BCUT2D eigenvalue weighted by Crippen LogP contribution is 2.31. The van der Waals surface area contributed by atoms with E-state index in [0.717, 1.165) is 17.1 Å². The van der Waals surface area contributed by atoms with Crippen molar-refractivity contribution in [3.63, 3.8) is 0 Å². The lowest BCUT2D eigenvalue weighted by Crippen LogP contribution is -2.10. The molecule has 0 N–H and O–H groups in total. The fourth-order valence-corrected chi connectivity index (χ4v) is 2.17. The molecule has 2 heteroatoms. The fraction of sp³-hybridized carbons (Fsp3) is 0.375. The van der Waals surface area contributed by atoms with Gasteiger partial charge in [-0.3, -0.25) is 0 Å². The number of hydrogen-bond acceptors (Lipinski definition) is 1. The van der Waals surface area contributed by atoms with E-state index < -0.39 is 0 Å². The summed E-state index contributed by atoms with van der Waals surface area (Å²) in [5.74, 6) is 1.69. The van der Waals surface area contributed by atoms with Crippen LogP contribution in [0, 0.1) is 6.92 Å². The van der Waals surface area contributed by atoms with Gasteiger partial charge in [-0.25, -0.2) is 0 Å². The van der Waals surface area contributed by atoms with Crippen LogP contribution >= 0.6 is 11.6 Å². The van der Waals surface area contributed by atoms with E-state index in [0.29, 0.717) is 0 Å². The molecule has 2 aromatic rings.